The summed E-state index contributed by atoms with van der Waals surface area (Å²) in [5.74, 6) is 0. The Morgan fingerprint density at radius 3 is 2.00 bits per heavy atom. The van der Waals surface area contributed by atoms with Crippen molar-refractivity contribution in [2.75, 3.05) is 7.05 Å². The molecule has 1 aliphatic carbocycles. The molecular formula is C7H14N-. The Balaban J connectivity index is 2.37. The Morgan fingerprint density at radius 2 is 2.00 bits per heavy atom. The summed E-state index contributed by atoms with van der Waals surface area (Å²) in [6.07, 6.45) is 1.31. The molecule has 1 nitrogen and oxygen atoms in total. The summed E-state index contributed by atoms with van der Waals surface area (Å²) in [6.45, 7) is 4.55. The lowest BCUT2D eigenvalue weighted by atomic mass is 10.2. The van der Waals surface area contributed by atoms with Crippen LogP contribution in [0.5, 0.6) is 0 Å². The van der Waals surface area contributed by atoms with Gasteiger partial charge in [-0.3, -0.25) is 7.05 Å². The van der Waals surface area contributed by atoms with Gasteiger partial charge in [0.15, 0.2) is 0 Å². The molecule has 0 saturated heterocycles. The van der Waals surface area contributed by atoms with Crippen LogP contribution in [0.1, 0.15) is 20.3 Å². The maximum atomic E-state index is 3.83. The molecule has 0 radical (unpaired) electrons. The molecule has 0 aromatic heterocycles. The summed E-state index contributed by atoms with van der Waals surface area (Å²) in [6, 6.07) is 0.738. The standard InChI is InChI=1S/C7H14N/c1-7(2)5-6(7)8(3)4/h6H,3,5H2,1-2,4H3/q-1. The first-order valence-corrected chi connectivity index (χ1v) is 3.07. The van der Waals surface area contributed by atoms with Gasteiger partial charge in [0, 0.05) is 0 Å². The summed E-state index contributed by atoms with van der Waals surface area (Å²) in [5, 5.41) is 0. The van der Waals surface area contributed by atoms with E-state index < -0.39 is 0 Å². The quantitative estimate of drug-likeness (QED) is 0.465. The molecule has 1 rings (SSSR count). The zero-order chi connectivity index (χ0) is 6.36. The van der Waals surface area contributed by atoms with E-state index >= 15 is 0 Å². The SMILES string of the molecule is [CH2-]N(C)C1CC1(C)C. The predicted molar refractivity (Wildman–Crippen MR) is 35.3 cm³/mol. The molecule has 0 amide bonds. The molecule has 8 heavy (non-hydrogen) atoms. The minimum atomic E-state index is 0.552. The fourth-order valence-corrected chi connectivity index (χ4v) is 1.19. The van der Waals surface area contributed by atoms with Crippen molar-refractivity contribution in [3.05, 3.63) is 7.05 Å². The average Bonchev–Trinajstić information content (AvgIpc) is 2.13. The normalized spacial score (nSPS) is 33.4. The van der Waals surface area contributed by atoms with Crippen LogP contribution in [0.25, 0.3) is 0 Å². The number of hydrogen-bond acceptors (Lipinski definition) is 1. The van der Waals surface area contributed by atoms with Crippen LogP contribution >= 0.6 is 0 Å². The lowest BCUT2D eigenvalue weighted by Crippen LogP contribution is -2.15. The van der Waals surface area contributed by atoms with Gasteiger partial charge in [0.2, 0.25) is 0 Å². The molecule has 48 valence electrons. The minimum absolute atomic E-state index is 0.552. The van der Waals surface area contributed by atoms with E-state index in [1.54, 1.807) is 0 Å². The van der Waals surface area contributed by atoms with Crippen LogP contribution in [-0.2, 0) is 0 Å². The van der Waals surface area contributed by atoms with Gasteiger partial charge in [0.1, 0.15) is 0 Å². The Kier molecular flexibility index (Phi) is 1.12. The largest absolute Gasteiger partial charge is 0.459 e. The molecule has 1 aliphatic rings. The highest BCUT2D eigenvalue weighted by molar-refractivity contribution is 5.01. The Bertz CT molecular complexity index is 94.6. The van der Waals surface area contributed by atoms with Crippen molar-refractivity contribution >= 4 is 0 Å². The van der Waals surface area contributed by atoms with E-state index in [1.165, 1.54) is 6.42 Å². The van der Waals surface area contributed by atoms with Crippen LogP contribution in [-0.4, -0.2) is 18.0 Å². The second-order valence-corrected chi connectivity index (χ2v) is 3.47. The monoisotopic (exact) mass is 112 g/mol. The van der Waals surface area contributed by atoms with Crippen LogP contribution < -0.4 is 0 Å². The van der Waals surface area contributed by atoms with Crippen molar-refractivity contribution in [2.45, 2.75) is 26.3 Å². The van der Waals surface area contributed by atoms with Crippen molar-refractivity contribution in [1.29, 1.82) is 0 Å². The van der Waals surface area contributed by atoms with Gasteiger partial charge in [-0.05, 0) is 24.9 Å². The van der Waals surface area contributed by atoms with Gasteiger partial charge in [-0.15, -0.1) is 0 Å². The first-order valence-electron chi connectivity index (χ1n) is 3.07. The minimum Gasteiger partial charge on any atom is -0.459 e. The third-order valence-corrected chi connectivity index (χ3v) is 1.99. The van der Waals surface area contributed by atoms with E-state index in [9.17, 15) is 0 Å². The molecule has 0 N–H and O–H groups in total. The van der Waals surface area contributed by atoms with Gasteiger partial charge < -0.3 is 4.90 Å². The molecule has 1 fully saturated rings. The van der Waals surface area contributed by atoms with Crippen molar-refractivity contribution in [1.82, 2.24) is 4.90 Å². The Labute approximate surface area is 51.7 Å². The summed E-state index contributed by atoms with van der Waals surface area (Å²) in [5.41, 5.74) is 0.552. The van der Waals surface area contributed by atoms with Crippen molar-refractivity contribution in [2.24, 2.45) is 5.41 Å². The third-order valence-electron chi connectivity index (χ3n) is 1.99. The molecule has 0 heterocycles. The van der Waals surface area contributed by atoms with Gasteiger partial charge in [0.05, 0.1) is 0 Å². The molecular weight excluding hydrogens is 98.1 g/mol. The fraction of sp³-hybridized carbons (Fsp3) is 0.857. The number of rotatable bonds is 1. The van der Waals surface area contributed by atoms with Crippen LogP contribution in [0.2, 0.25) is 0 Å². The van der Waals surface area contributed by atoms with Gasteiger partial charge in [-0.25, -0.2) is 0 Å². The van der Waals surface area contributed by atoms with Crippen LogP contribution in [0.15, 0.2) is 0 Å². The zero-order valence-electron chi connectivity index (χ0n) is 5.94. The fourth-order valence-electron chi connectivity index (χ4n) is 1.19. The summed E-state index contributed by atoms with van der Waals surface area (Å²) in [7, 11) is 5.87. The molecule has 0 aromatic rings. The summed E-state index contributed by atoms with van der Waals surface area (Å²) in [4.78, 5) is 2.06. The number of hydrogen-bond donors (Lipinski definition) is 0. The van der Waals surface area contributed by atoms with Gasteiger partial charge in [-0.2, -0.15) is 0 Å². The predicted octanol–water partition coefficient (Wildman–Crippen LogP) is 1.51. The van der Waals surface area contributed by atoms with Gasteiger partial charge in [0.25, 0.3) is 0 Å². The van der Waals surface area contributed by atoms with E-state index in [0.717, 1.165) is 6.04 Å². The molecule has 0 aliphatic heterocycles. The first-order chi connectivity index (χ1) is 3.54. The van der Waals surface area contributed by atoms with Gasteiger partial charge >= 0.3 is 0 Å². The van der Waals surface area contributed by atoms with Crippen LogP contribution in [0, 0.1) is 12.5 Å². The third kappa shape index (κ3) is 0.873. The van der Waals surface area contributed by atoms with E-state index in [0.29, 0.717) is 5.41 Å². The zero-order valence-corrected chi connectivity index (χ0v) is 5.94. The highest BCUT2D eigenvalue weighted by Gasteiger charge is 2.44. The molecule has 1 atom stereocenters. The highest BCUT2D eigenvalue weighted by atomic mass is 15.1. The van der Waals surface area contributed by atoms with Crippen LogP contribution in [0.4, 0.5) is 0 Å². The van der Waals surface area contributed by atoms with Crippen LogP contribution in [0.3, 0.4) is 0 Å². The lowest BCUT2D eigenvalue weighted by Gasteiger charge is -2.19. The number of nitrogens with zero attached hydrogens (tertiary/aromatic N) is 1. The highest BCUT2D eigenvalue weighted by Crippen LogP contribution is 2.47. The molecule has 0 spiro atoms. The Hall–Kier alpha value is -0.0400. The smallest absolute Gasteiger partial charge is 0.0128 e. The van der Waals surface area contributed by atoms with E-state index in [2.05, 4.69) is 25.8 Å². The topological polar surface area (TPSA) is 3.24 Å². The van der Waals surface area contributed by atoms with E-state index in [-0.39, 0.29) is 0 Å². The maximum Gasteiger partial charge on any atom is -0.0128 e. The molecule has 1 unspecified atom stereocenters. The average molecular weight is 112 g/mol. The van der Waals surface area contributed by atoms with Crippen molar-refractivity contribution in [3.63, 3.8) is 0 Å². The van der Waals surface area contributed by atoms with Crippen molar-refractivity contribution < 1.29 is 0 Å². The molecule has 0 bridgehead atoms. The van der Waals surface area contributed by atoms with E-state index in [4.69, 9.17) is 0 Å². The Morgan fingerprint density at radius 1 is 1.62 bits per heavy atom. The lowest BCUT2D eigenvalue weighted by molar-refractivity contribution is 0.379. The van der Waals surface area contributed by atoms with Crippen molar-refractivity contribution in [3.8, 4) is 0 Å². The second-order valence-electron chi connectivity index (χ2n) is 3.47. The van der Waals surface area contributed by atoms with E-state index in [1.807, 2.05) is 7.05 Å². The second kappa shape index (κ2) is 1.47. The molecule has 1 heteroatoms. The van der Waals surface area contributed by atoms with Gasteiger partial charge in [-0.1, -0.05) is 13.8 Å². The summed E-state index contributed by atoms with van der Waals surface area (Å²) >= 11 is 0. The molecule has 1 saturated carbocycles. The first kappa shape index (κ1) is 6.09. The maximum absolute atomic E-state index is 3.83. The summed E-state index contributed by atoms with van der Waals surface area (Å²) < 4.78 is 0. The molecule has 0 aromatic carbocycles.